The molecule has 0 N–H and O–H groups in total. The number of carbonyl (C=O) groups excluding carboxylic acids is 1. The largest absolute Gasteiger partial charge is 0.338 e. The maximum absolute atomic E-state index is 12.9. The molecule has 0 aliphatic carbocycles. The highest BCUT2D eigenvalue weighted by Gasteiger charge is 2.19. The lowest BCUT2D eigenvalue weighted by Gasteiger charge is -2.22. The van der Waals surface area contributed by atoms with Crippen LogP contribution >= 0.6 is 11.8 Å². The van der Waals surface area contributed by atoms with E-state index in [1.54, 1.807) is 4.52 Å². The standard InChI is InChI=1S/C19H23N5OS/c1-5-23(12-15-9-7-6-8-10-15)17(25)11-16-13(2)20-18-21-19(26-4)22-24(18)14(16)3/h6-10H,5,11-12H2,1-4H3. The number of carbonyl (C=O) groups is 1. The number of aromatic nitrogens is 4. The number of thioether (sulfide) groups is 1. The summed E-state index contributed by atoms with van der Waals surface area (Å²) in [6.07, 6.45) is 2.25. The van der Waals surface area contributed by atoms with Gasteiger partial charge in [0.1, 0.15) is 0 Å². The lowest BCUT2D eigenvalue weighted by Crippen LogP contribution is -2.32. The van der Waals surface area contributed by atoms with Gasteiger partial charge >= 0.3 is 0 Å². The molecule has 0 saturated carbocycles. The second-order valence-electron chi connectivity index (χ2n) is 6.14. The molecule has 0 aliphatic rings. The number of likely N-dealkylation sites (N-methyl/N-ethyl adjacent to an activating group) is 1. The van der Waals surface area contributed by atoms with E-state index in [1.807, 2.05) is 62.3 Å². The number of nitrogens with zero attached hydrogens (tertiary/aromatic N) is 5. The Morgan fingerprint density at radius 2 is 1.92 bits per heavy atom. The van der Waals surface area contributed by atoms with Crippen LogP contribution < -0.4 is 0 Å². The highest BCUT2D eigenvalue weighted by atomic mass is 32.2. The van der Waals surface area contributed by atoms with Gasteiger partial charge in [-0.05, 0) is 32.6 Å². The van der Waals surface area contributed by atoms with E-state index >= 15 is 0 Å². The molecule has 2 aromatic heterocycles. The molecule has 0 radical (unpaired) electrons. The molecular formula is C19H23N5OS. The molecule has 0 saturated heterocycles. The van der Waals surface area contributed by atoms with Gasteiger partial charge < -0.3 is 4.90 Å². The van der Waals surface area contributed by atoms with Gasteiger partial charge in [-0.1, -0.05) is 42.1 Å². The molecule has 3 rings (SSSR count). The maximum Gasteiger partial charge on any atom is 0.253 e. The topological polar surface area (TPSA) is 63.4 Å². The van der Waals surface area contributed by atoms with Crippen LogP contribution in [0.15, 0.2) is 35.5 Å². The summed E-state index contributed by atoms with van der Waals surface area (Å²) < 4.78 is 1.73. The molecule has 0 unspecified atom stereocenters. The molecular weight excluding hydrogens is 346 g/mol. The summed E-state index contributed by atoms with van der Waals surface area (Å²) in [6, 6.07) is 10.1. The summed E-state index contributed by atoms with van der Waals surface area (Å²) in [7, 11) is 0. The summed E-state index contributed by atoms with van der Waals surface area (Å²) in [5.41, 5.74) is 3.81. The van der Waals surface area contributed by atoms with E-state index in [-0.39, 0.29) is 5.91 Å². The van der Waals surface area contributed by atoms with Crippen LogP contribution in [0.3, 0.4) is 0 Å². The second kappa shape index (κ2) is 7.86. The maximum atomic E-state index is 12.9. The summed E-state index contributed by atoms with van der Waals surface area (Å²) in [6.45, 7) is 7.18. The zero-order valence-electron chi connectivity index (χ0n) is 15.6. The Morgan fingerprint density at radius 3 is 2.58 bits per heavy atom. The van der Waals surface area contributed by atoms with E-state index in [0.717, 1.165) is 22.5 Å². The SMILES string of the molecule is CCN(Cc1ccccc1)C(=O)Cc1c(C)nc2nc(SC)nn2c1C. The zero-order valence-corrected chi connectivity index (χ0v) is 16.4. The van der Waals surface area contributed by atoms with Crippen LogP contribution in [0.1, 0.15) is 29.4 Å². The van der Waals surface area contributed by atoms with Gasteiger partial charge in [0.15, 0.2) is 0 Å². The van der Waals surface area contributed by atoms with Gasteiger partial charge in [-0.15, -0.1) is 5.10 Å². The molecule has 1 aromatic carbocycles. The molecule has 0 fully saturated rings. The van der Waals surface area contributed by atoms with Gasteiger partial charge in [0.2, 0.25) is 11.1 Å². The van der Waals surface area contributed by atoms with Gasteiger partial charge in [-0.3, -0.25) is 4.79 Å². The molecule has 3 aromatic rings. The number of aryl methyl sites for hydroxylation is 2. The predicted octanol–water partition coefficient (Wildman–Crippen LogP) is 3.05. The van der Waals surface area contributed by atoms with E-state index in [9.17, 15) is 4.79 Å². The van der Waals surface area contributed by atoms with Gasteiger partial charge in [0.25, 0.3) is 5.78 Å². The lowest BCUT2D eigenvalue weighted by molar-refractivity contribution is -0.130. The van der Waals surface area contributed by atoms with Crippen LogP contribution in [0.4, 0.5) is 0 Å². The smallest absolute Gasteiger partial charge is 0.253 e. The van der Waals surface area contributed by atoms with Gasteiger partial charge in [0, 0.05) is 30.0 Å². The molecule has 26 heavy (non-hydrogen) atoms. The van der Waals surface area contributed by atoms with Crippen molar-refractivity contribution in [3.8, 4) is 0 Å². The molecule has 1 amide bonds. The van der Waals surface area contributed by atoms with Gasteiger partial charge in [-0.25, -0.2) is 9.50 Å². The average molecular weight is 369 g/mol. The first-order valence-corrected chi connectivity index (χ1v) is 9.84. The average Bonchev–Trinajstić information content (AvgIpc) is 3.07. The summed E-state index contributed by atoms with van der Waals surface area (Å²) >= 11 is 1.48. The fourth-order valence-electron chi connectivity index (χ4n) is 2.98. The minimum Gasteiger partial charge on any atom is -0.338 e. The minimum absolute atomic E-state index is 0.0916. The fourth-order valence-corrected chi connectivity index (χ4v) is 3.31. The van der Waals surface area contributed by atoms with E-state index in [2.05, 4.69) is 15.1 Å². The first kappa shape index (κ1) is 18.4. The van der Waals surface area contributed by atoms with Crippen molar-refractivity contribution in [2.75, 3.05) is 12.8 Å². The van der Waals surface area contributed by atoms with Gasteiger partial charge in [-0.2, -0.15) is 4.98 Å². The molecule has 7 heteroatoms. The van der Waals surface area contributed by atoms with Crippen LogP contribution in [0.25, 0.3) is 5.78 Å². The number of fused-ring (bicyclic) bond motifs is 1. The Balaban J connectivity index is 1.85. The van der Waals surface area contributed by atoms with Crippen molar-refractivity contribution in [1.82, 2.24) is 24.5 Å². The highest BCUT2D eigenvalue weighted by molar-refractivity contribution is 7.98. The Hall–Kier alpha value is -2.41. The van der Waals surface area contributed by atoms with Crippen molar-refractivity contribution in [2.45, 2.75) is 38.9 Å². The molecule has 0 aliphatic heterocycles. The van der Waals surface area contributed by atoms with Crippen LogP contribution in [0.2, 0.25) is 0 Å². The van der Waals surface area contributed by atoms with E-state index in [4.69, 9.17) is 0 Å². The third-order valence-electron chi connectivity index (χ3n) is 4.49. The van der Waals surface area contributed by atoms with E-state index in [0.29, 0.717) is 30.4 Å². The van der Waals surface area contributed by atoms with Crippen molar-refractivity contribution < 1.29 is 4.79 Å². The van der Waals surface area contributed by atoms with Crippen LogP contribution in [0, 0.1) is 13.8 Å². The molecule has 2 heterocycles. The first-order valence-electron chi connectivity index (χ1n) is 8.62. The second-order valence-corrected chi connectivity index (χ2v) is 6.92. The minimum atomic E-state index is 0.0916. The van der Waals surface area contributed by atoms with Gasteiger partial charge in [0.05, 0.1) is 6.42 Å². The lowest BCUT2D eigenvalue weighted by atomic mass is 10.1. The third kappa shape index (κ3) is 3.72. The molecule has 6 nitrogen and oxygen atoms in total. The van der Waals surface area contributed by atoms with Crippen molar-refractivity contribution in [3.63, 3.8) is 0 Å². The molecule has 0 atom stereocenters. The van der Waals surface area contributed by atoms with Crippen molar-refractivity contribution in [1.29, 1.82) is 0 Å². The van der Waals surface area contributed by atoms with E-state index in [1.165, 1.54) is 11.8 Å². The number of rotatable bonds is 6. The molecule has 136 valence electrons. The number of amides is 1. The Kier molecular flexibility index (Phi) is 5.56. The zero-order chi connectivity index (χ0) is 18.7. The number of hydrogen-bond donors (Lipinski definition) is 0. The van der Waals surface area contributed by atoms with Crippen molar-refractivity contribution in [2.24, 2.45) is 0 Å². The van der Waals surface area contributed by atoms with Crippen molar-refractivity contribution in [3.05, 3.63) is 52.8 Å². The van der Waals surface area contributed by atoms with Crippen LogP contribution in [-0.4, -0.2) is 43.2 Å². The Labute approximate surface area is 157 Å². The normalized spacial score (nSPS) is 11.1. The van der Waals surface area contributed by atoms with E-state index < -0.39 is 0 Å². The fraction of sp³-hybridized carbons (Fsp3) is 0.368. The van der Waals surface area contributed by atoms with Crippen LogP contribution in [-0.2, 0) is 17.8 Å². The highest BCUT2D eigenvalue weighted by Crippen LogP contribution is 2.18. The molecule has 0 spiro atoms. The predicted molar refractivity (Wildman–Crippen MR) is 103 cm³/mol. The van der Waals surface area contributed by atoms with Crippen LogP contribution in [0.5, 0.6) is 0 Å². The van der Waals surface area contributed by atoms with Crippen molar-refractivity contribution >= 4 is 23.4 Å². The first-order chi connectivity index (χ1) is 12.5. The summed E-state index contributed by atoms with van der Waals surface area (Å²) in [5, 5.41) is 5.14. The summed E-state index contributed by atoms with van der Waals surface area (Å²) in [4.78, 5) is 23.7. The monoisotopic (exact) mass is 369 g/mol. The summed E-state index contributed by atoms with van der Waals surface area (Å²) in [5.74, 6) is 0.672. The number of benzene rings is 1. The quantitative estimate of drug-likeness (QED) is 0.625. The molecule has 0 bridgehead atoms. The number of hydrogen-bond acceptors (Lipinski definition) is 5. The third-order valence-corrected chi connectivity index (χ3v) is 5.03. The Bertz CT molecular complexity index is 923. The Morgan fingerprint density at radius 1 is 1.19 bits per heavy atom.